The highest BCUT2D eigenvalue weighted by atomic mass is 79.9. The predicted molar refractivity (Wildman–Crippen MR) is 91.8 cm³/mol. The van der Waals surface area contributed by atoms with E-state index in [9.17, 15) is 4.79 Å². The van der Waals surface area contributed by atoms with E-state index < -0.39 is 0 Å². The third-order valence-electron chi connectivity index (χ3n) is 3.36. The van der Waals surface area contributed by atoms with Gasteiger partial charge in [0.1, 0.15) is 11.3 Å². The Hall–Kier alpha value is -1.85. The molecule has 0 aliphatic rings. The van der Waals surface area contributed by atoms with Crippen LogP contribution in [-0.2, 0) is 0 Å². The second-order valence-corrected chi connectivity index (χ2v) is 6.39. The largest absolute Gasteiger partial charge is 0.321 e. The van der Waals surface area contributed by atoms with E-state index in [2.05, 4.69) is 26.2 Å². The molecule has 0 aliphatic heterocycles. The molecule has 6 heteroatoms. The number of carbonyl (C=O) groups excluding carboxylic acids is 1. The molecule has 0 saturated heterocycles. The molecule has 0 spiro atoms. The van der Waals surface area contributed by atoms with Gasteiger partial charge in [-0.05, 0) is 65.7 Å². The van der Waals surface area contributed by atoms with Crippen LogP contribution in [0.15, 0.2) is 41.0 Å². The monoisotopic (exact) mass is 377 g/mol. The molecule has 1 aromatic carbocycles. The minimum absolute atomic E-state index is 0.204. The van der Waals surface area contributed by atoms with Crippen LogP contribution in [-0.4, -0.2) is 15.3 Å². The molecule has 0 bridgehead atoms. The van der Waals surface area contributed by atoms with Gasteiger partial charge in [0.15, 0.2) is 0 Å². The standard InChI is InChI=1S/C16H13BrClN3O/c1-9-7-11(17)8-21-14(10(2)19-15(9)21)16(22)20-13-5-3-12(18)4-6-13/h3-8H,1-2H3,(H,20,22). The molecule has 3 rings (SSSR count). The zero-order chi connectivity index (χ0) is 15.9. The molecule has 4 nitrogen and oxygen atoms in total. The number of benzene rings is 1. The third-order valence-corrected chi connectivity index (χ3v) is 4.05. The van der Waals surface area contributed by atoms with Gasteiger partial charge in [-0.25, -0.2) is 4.98 Å². The average molecular weight is 379 g/mol. The molecular weight excluding hydrogens is 366 g/mol. The summed E-state index contributed by atoms with van der Waals surface area (Å²) in [5.41, 5.74) is 3.68. The number of aryl methyl sites for hydroxylation is 2. The highest BCUT2D eigenvalue weighted by Gasteiger charge is 2.18. The lowest BCUT2D eigenvalue weighted by Crippen LogP contribution is -2.15. The summed E-state index contributed by atoms with van der Waals surface area (Å²) in [6.45, 7) is 3.80. The number of halogens is 2. The quantitative estimate of drug-likeness (QED) is 0.707. The molecule has 1 N–H and O–H groups in total. The lowest BCUT2D eigenvalue weighted by Gasteiger charge is -2.07. The SMILES string of the molecule is Cc1nc2c(C)cc(Br)cn2c1C(=O)Nc1ccc(Cl)cc1. The first-order valence-electron chi connectivity index (χ1n) is 6.67. The first-order valence-corrected chi connectivity index (χ1v) is 7.84. The summed E-state index contributed by atoms with van der Waals surface area (Å²) in [4.78, 5) is 17.1. The molecule has 0 unspecified atom stereocenters. The molecule has 0 saturated carbocycles. The predicted octanol–water partition coefficient (Wildman–Crippen LogP) is 4.62. The Morgan fingerprint density at radius 2 is 1.95 bits per heavy atom. The molecule has 0 aliphatic carbocycles. The molecule has 2 aromatic heterocycles. The number of imidazole rings is 1. The normalized spacial score (nSPS) is 10.9. The van der Waals surface area contributed by atoms with E-state index in [-0.39, 0.29) is 5.91 Å². The molecular formula is C16H13BrClN3O. The summed E-state index contributed by atoms with van der Waals surface area (Å²) in [5.74, 6) is -0.204. The molecule has 0 atom stereocenters. The van der Waals surface area contributed by atoms with Crippen LogP contribution in [0.5, 0.6) is 0 Å². The van der Waals surface area contributed by atoms with Crippen molar-refractivity contribution >= 4 is 44.8 Å². The fraction of sp³-hybridized carbons (Fsp3) is 0.125. The van der Waals surface area contributed by atoms with Gasteiger partial charge in [0.05, 0.1) is 5.69 Å². The minimum atomic E-state index is -0.204. The van der Waals surface area contributed by atoms with Crippen LogP contribution in [0.25, 0.3) is 5.65 Å². The maximum atomic E-state index is 12.6. The van der Waals surface area contributed by atoms with Crippen LogP contribution in [0.2, 0.25) is 5.02 Å². The number of carbonyl (C=O) groups is 1. The van der Waals surface area contributed by atoms with Gasteiger partial charge in [-0.15, -0.1) is 0 Å². The van der Waals surface area contributed by atoms with Gasteiger partial charge in [0.2, 0.25) is 0 Å². The average Bonchev–Trinajstić information content (AvgIpc) is 2.78. The van der Waals surface area contributed by atoms with Crippen molar-refractivity contribution < 1.29 is 4.79 Å². The van der Waals surface area contributed by atoms with E-state index in [0.29, 0.717) is 22.1 Å². The first-order chi connectivity index (χ1) is 10.5. The van der Waals surface area contributed by atoms with Crippen molar-refractivity contribution in [3.05, 3.63) is 63.0 Å². The Bertz CT molecular complexity index is 871. The van der Waals surface area contributed by atoms with E-state index in [1.807, 2.05) is 26.1 Å². The van der Waals surface area contributed by atoms with Crippen LogP contribution in [0, 0.1) is 13.8 Å². The van der Waals surface area contributed by atoms with E-state index >= 15 is 0 Å². The summed E-state index contributed by atoms with van der Waals surface area (Å²) >= 11 is 9.31. The number of hydrogen-bond acceptors (Lipinski definition) is 2. The van der Waals surface area contributed by atoms with Crippen molar-refractivity contribution in [3.8, 4) is 0 Å². The lowest BCUT2D eigenvalue weighted by molar-refractivity contribution is 0.102. The molecule has 112 valence electrons. The molecule has 0 fully saturated rings. The fourth-order valence-corrected chi connectivity index (χ4v) is 3.05. The van der Waals surface area contributed by atoms with E-state index in [1.54, 1.807) is 28.7 Å². The Labute approximate surface area is 141 Å². The number of aromatic nitrogens is 2. The Balaban J connectivity index is 2.03. The van der Waals surface area contributed by atoms with Gasteiger partial charge >= 0.3 is 0 Å². The number of nitrogens with one attached hydrogen (secondary N) is 1. The summed E-state index contributed by atoms with van der Waals surface area (Å²) in [6.07, 6.45) is 1.85. The van der Waals surface area contributed by atoms with E-state index in [0.717, 1.165) is 15.7 Å². The van der Waals surface area contributed by atoms with Gasteiger partial charge in [-0.3, -0.25) is 9.20 Å². The van der Waals surface area contributed by atoms with Crippen molar-refractivity contribution in [1.82, 2.24) is 9.38 Å². The molecule has 1 amide bonds. The second kappa shape index (κ2) is 5.74. The summed E-state index contributed by atoms with van der Waals surface area (Å²) in [6, 6.07) is 8.97. The molecule has 2 heterocycles. The molecule has 22 heavy (non-hydrogen) atoms. The van der Waals surface area contributed by atoms with Crippen molar-refractivity contribution in [2.24, 2.45) is 0 Å². The van der Waals surface area contributed by atoms with Crippen LogP contribution in [0.3, 0.4) is 0 Å². The highest BCUT2D eigenvalue weighted by Crippen LogP contribution is 2.22. The number of amides is 1. The minimum Gasteiger partial charge on any atom is -0.321 e. The highest BCUT2D eigenvalue weighted by molar-refractivity contribution is 9.10. The van der Waals surface area contributed by atoms with E-state index in [1.165, 1.54) is 0 Å². The summed E-state index contributed by atoms with van der Waals surface area (Å²) in [5, 5.41) is 3.50. The molecule has 0 radical (unpaired) electrons. The lowest BCUT2D eigenvalue weighted by atomic mass is 10.2. The van der Waals surface area contributed by atoms with Gasteiger partial charge in [0, 0.05) is 21.4 Å². The third kappa shape index (κ3) is 2.74. The zero-order valence-electron chi connectivity index (χ0n) is 12.0. The Kier molecular flexibility index (Phi) is 3.93. The Morgan fingerprint density at radius 3 is 2.64 bits per heavy atom. The van der Waals surface area contributed by atoms with Gasteiger partial charge < -0.3 is 5.32 Å². The van der Waals surface area contributed by atoms with Crippen LogP contribution in [0.4, 0.5) is 5.69 Å². The molecule has 3 aromatic rings. The van der Waals surface area contributed by atoms with Crippen molar-refractivity contribution in [2.45, 2.75) is 13.8 Å². The first kappa shape index (κ1) is 15.1. The van der Waals surface area contributed by atoms with Crippen LogP contribution >= 0.6 is 27.5 Å². The van der Waals surface area contributed by atoms with Crippen LogP contribution in [0.1, 0.15) is 21.7 Å². The number of nitrogens with zero attached hydrogens (tertiary/aromatic N) is 2. The van der Waals surface area contributed by atoms with Crippen molar-refractivity contribution in [1.29, 1.82) is 0 Å². The number of hydrogen-bond donors (Lipinski definition) is 1. The van der Waals surface area contributed by atoms with Gasteiger partial charge in [-0.1, -0.05) is 11.6 Å². The van der Waals surface area contributed by atoms with Gasteiger partial charge in [0.25, 0.3) is 5.91 Å². The summed E-state index contributed by atoms with van der Waals surface area (Å²) < 4.78 is 2.70. The van der Waals surface area contributed by atoms with Gasteiger partial charge in [-0.2, -0.15) is 0 Å². The fourth-order valence-electron chi connectivity index (χ4n) is 2.38. The number of fused-ring (bicyclic) bond motifs is 1. The maximum Gasteiger partial charge on any atom is 0.274 e. The summed E-state index contributed by atoms with van der Waals surface area (Å²) in [7, 11) is 0. The van der Waals surface area contributed by atoms with Crippen molar-refractivity contribution in [2.75, 3.05) is 5.32 Å². The zero-order valence-corrected chi connectivity index (χ0v) is 14.4. The van der Waals surface area contributed by atoms with E-state index in [4.69, 9.17) is 11.6 Å². The topological polar surface area (TPSA) is 46.4 Å². The number of anilines is 1. The van der Waals surface area contributed by atoms with Crippen LogP contribution < -0.4 is 5.32 Å². The number of rotatable bonds is 2. The second-order valence-electron chi connectivity index (χ2n) is 5.04. The Morgan fingerprint density at radius 1 is 1.27 bits per heavy atom. The maximum absolute atomic E-state index is 12.6. The number of pyridine rings is 1. The van der Waals surface area contributed by atoms with Crippen molar-refractivity contribution in [3.63, 3.8) is 0 Å². The smallest absolute Gasteiger partial charge is 0.274 e.